The quantitative estimate of drug-likeness (QED) is 0.678. The second kappa shape index (κ2) is 7.78. The molecule has 0 aliphatic rings. The fraction of sp³-hybridized carbons (Fsp3) is 0.316. The number of nitrogens with zero attached hydrogens (tertiary/aromatic N) is 4. The number of hydrogen-bond donors (Lipinski definition) is 1. The van der Waals surface area contributed by atoms with Gasteiger partial charge in [-0.3, -0.25) is 4.79 Å². The summed E-state index contributed by atoms with van der Waals surface area (Å²) in [6.45, 7) is 3.99. The van der Waals surface area contributed by atoms with Crippen LogP contribution < -0.4 is 5.32 Å². The molecule has 0 spiro atoms. The van der Waals surface area contributed by atoms with E-state index >= 15 is 0 Å². The van der Waals surface area contributed by atoms with Crippen LogP contribution in [0.1, 0.15) is 22.6 Å². The summed E-state index contributed by atoms with van der Waals surface area (Å²) >= 11 is 1.39. The summed E-state index contributed by atoms with van der Waals surface area (Å²) in [6, 6.07) is 10.1. The van der Waals surface area contributed by atoms with Gasteiger partial charge in [0, 0.05) is 38.1 Å². The summed E-state index contributed by atoms with van der Waals surface area (Å²) in [6.07, 6.45) is 2.72. The molecule has 0 aliphatic heterocycles. The summed E-state index contributed by atoms with van der Waals surface area (Å²) < 4.78 is 4.02. The van der Waals surface area contributed by atoms with Crippen LogP contribution in [0.4, 0.5) is 5.69 Å². The third-order valence-corrected chi connectivity index (χ3v) is 5.41. The monoisotopic (exact) mass is 369 g/mol. The van der Waals surface area contributed by atoms with Crippen LogP contribution in [0, 0.1) is 13.8 Å². The minimum absolute atomic E-state index is 0.0422. The van der Waals surface area contributed by atoms with E-state index in [4.69, 9.17) is 0 Å². The van der Waals surface area contributed by atoms with Gasteiger partial charge in [0.15, 0.2) is 5.16 Å². The minimum Gasteiger partial charge on any atom is -0.354 e. The highest BCUT2D eigenvalue weighted by Gasteiger charge is 2.14. The molecule has 1 amide bonds. The molecule has 0 saturated heterocycles. The minimum atomic E-state index is -0.0422. The van der Waals surface area contributed by atoms with Crippen molar-refractivity contribution in [3.63, 3.8) is 0 Å². The lowest BCUT2D eigenvalue weighted by Gasteiger charge is -2.11. The van der Waals surface area contributed by atoms with E-state index in [0.29, 0.717) is 12.2 Å². The smallest absolute Gasteiger partial charge is 0.234 e. The molecule has 6 nitrogen and oxygen atoms in total. The van der Waals surface area contributed by atoms with Gasteiger partial charge in [0.2, 0.25) is 5.91 Å². The van der Waals surface area contributed by atoms with E-state index in [9.17, 15) is 4.79 Å². The topological polar surface area (TPSA) is 64.7 Å². The normalized spacial score (nSPS) is 10.9. The number of thioether (sulfide) groups is 1. The lowest BCUT2D eigenvalue weighted by Crippen LogP contribution is -2.16. The van der Waals surface area contributed by atoms with Gasteiger partial charge in [-0.15, -0.1) is 10.2 Å². The molecule has 0 fully saturated rings. The fourth-order valence-corrected chi connectivity index (χ4v) is 3.51. The molecule has 1 aromatic carbocycles. The summed E-state index contributed by atoms with van der Waals surface area (Å²) in [7, 11) is 3.95. The summed E-state index contributed by atoms with van der Waals surface area (Å²) in [4.78, 5) is 12.3. The van der Waals surface area contributed by atoms with Crippen molar-refractivity contribution in [2.75, 3.05) is 11.1 Å². The Balaban J connectivity index is 1.61. The molecule has 1 N–H and O–H groups in total. The number of para-hydroxylation sites is 1. The van der Waals surface area contributed by atoms with Crippen LogP contribution in [0.5, 0.6) is 0 Å². The summed E-state index contributed by atoms with van der Waals surface area (Å²) in [5.74, 6) is 1.13. The van der Waals surface area contributed by atoms with E-state index in [1.165, 1.54) is 17.5 Å². The maximum Gasteiger partial charge on any atom is 0.234 e. The Hall–Kier alpha value is -2.54. The van der Waals surface area contributed by atoms with Crippen LogP contribution in [-0.2, 0) is 25.3 Å². The Morgan fingerprint density at radius 1 is 1.12 bits per heavy atom. The molecular weight excluding hydrogens is 346 g/mol. The van der Waals surface area contributed by atoms with Crippen LogP contribution in [0.25, 0.3) is 0 Å². The Morgan fingerprint density at radius 3 is 2.50 bits per heavy atom. The van der Waals surface area contributed by atoms with Gasteiger partial charge in [0.05, 0.1) is 5.75 Å². The van der Waals surface area contributed by atoms with Gasteiger partial charge in [-0.05, 0) is 37.1 Å². The standard InChI is InChI=1S/C19H23N5OS/c1-13-7-5-8-14(2)18(13)20-17(25)12-26-19-22-21-16(24(19)4)11-15-9-6-10-23(15)3/h5-10H,11-12H2,1-4H3,(H,20,25). The number of amides is 1. The van der Waals surface area contributed by atoms with E-state index < -0.39 is 0 Å². The third-order valence-electron chi connectivity index (χ3n) is 4.39. The molecule has 136 valence electrons. The molecule has 0 saturated carbocycles. The highest BCUT2D eigenvalue weighted by atomic mass is 32.2. The number of aryl methyl sites for hydroxylation is 3. The van der Waals surface area contributed by atoms with Crippen molar-refractivity contribution in [3.05, 3.63) is 59.2 Å². The molecule has 3 aromatic rings. The van der Waals surface area contributed by atoms with E-state index in [2.05, 4.69) is 26.1 Å². The average Bonchev–Trinajstić information content (AvgIpc) is 3.16. The predicted octanol–water partition coefficient (Wildman–Crippen LogP) is 3.09. The Morgan fingerprint density at radius 2 is 1.85 bits per heavy atom. The maximum atomic E-state index is 12.3. The fourth-order valence-electron chi connectivity index (χ4n) is 2.78. The first-order chi connectivity index (χ1) is 12.5. The molecule has 2 heterocycles. The molecule has 0 radical (unpaired) electrons. The van der Waals surface area contributed by atoms with Crippen molar-refractivity contribution in [3.8, 4) is 0 Å². The van der Waals surface area contributed by atoms with E-state index in [0.717, 1.165) is 27.8 Å². The van der Waals surface area contributed by atoms with Crippen LogP contribution in [0.2, 0.25) is 0 Å². The van der Waals surface area contributed by atoms with Crippen molar-refractivity contribution in [2.24, 2.45) is 14.1 Å². The highest BCUT2D eigenvalue weighted by molar-refractivity contribution is 7.99. The Bertz CT molecular complexity index is 908. The van der Waals surface area contributed by atoms with Crippen molar-refractivity contribution in [1.29, 1.82) is 0 Å². The van der Waals surface area contributed by atoms with E-state index in [1.807, 2.05) is 63.0 Å². The van der Waals surface area contributed by atoms with Gasteiger partial charge in [-0.25, -0.2) is 0 Å². The molecular formula is C19H23N5OS. The molecule has 26 heavy (non-hydrogen) atoms. The van der Waals surface area contributed by atoms with E-state index in [1.54, 1.807) is 0 Å². The van der Waals surface area contributed by atoms with Crippen LogP contribution >= 0.6 is 11.8 Å². The molecule has 7 heteroatoms. The second-order valence-electron chi connectivity index (χ2n) is 6.35. The van der Waals surface area contributed by atoms with Gasteiger partial charge in [-0.2, -0.15) is 0 Å². The third kappa shape index (κ3) is 3.99. The highest BCUT2D eigenvalue weighted by Crippen LogP contribution is 2.21. The number of carbonyl (C=O) groups excluding carboxylic acids is 1. The van der Waals surface area contributed by atoms with Gasteiger partial charge in [0.1, 0.15) is 5.82 Å². The lowest BCUT2D eigenvalue weighted by molar-refractivity contribution is -0.113. The Kier molecular flexibility index (Phi) is 5.46. The number of anilines is 1. The van der Waals surface area contributed by atoms with Gasteiger partial charge in [-0.1, -0.05) is 30.0 Å². The number of benzene rings is 1. The zero-order chi connectivity index (χ0) is 18.7. The van der Waals surface area contributed by atoms with Crippen LogP contribution in [0.3, 0.4) is 0 Å². The Labute approximate surface area is 157 Å². The predicted molar refractivity (Wildman–Crippen MR) is 104 cm³/mol. The molecule has 2 aromatic heterocycles. The van der Waals surface area contributed by atoms with E-state index in [-0.39, 0.29) is 5.91 Å². The van der Waals surface area contributed by atoms with Gasteiger partial charge < -0.3 is 14.5 Å². The number of hydrogen-bond acceptors (Lipinski definition) is 4. The number of carbonyl (C=O) groups is 1. The number of nitrogens with one attached hydrogen (secondary N) is 1. The first-order valence-corrected chi connectivity index (χ1v) is 9.41. The summed E-state index contributed by atoms with van der Waals surface area (Å²) in [5.41, 5.74) is 4.18. The number of aromatic nitrogens is 4. The van der Waals surface area contributed by atoms with Crippen molar-refractivity contribution >= 4 is 23.4 Å². The molecule has 0 atom stereocenters. The average molecular weight is 369 g/mol. The van der Waals surface area contributed by atoms with Crippen molar-refractivity contribution in [1.82, 2.24) is 19.3 Å². The maximum absolute atomic E-state index is 12.3. The number of rotatable bonds is 6. The van der Waals surface area contributed by atoms with Gasteiger partial charge in [0.25, 0.3) is 0 Å². The molecule has 0 unspecified atom stereocenters. The zero-order valence-electron chi connectivity index (χ0n) is 15.5. The van der Waals surface area contributed by atoms with Gasteiger partial charge >= 0.3 is 0 Å². The molecule has 3 rings (SSSR count). The van der Waals surface area contributed by atoms with Crippen molar-refractivity contribution in [2.45, 2.75) is 25.4 Å². The van der Waals surface area contributed by atoms with Crippen LogP contribution in [-0.4, -0.2) is 31.0 Å². The largest absolute Gasteiger partial charge is 0.354 e. The summed E-state index contributed by atoms with van der Waals surface area (Å²) in [5, 5.41) is 12.2. The molecule has 0 aliphatic carbocycles. The SMILES string of the molecule is Cc1cccc(C)c1NC(=O)CSc1nnc(Cc2cccn2C)n1C. The molecule has 0 bridgehead atoms. The lowest BCUT2D eigenvalue weighted by atomic mass is 10.1. The van der Waals surface area contributed by atoms with Crippen LogP contribution in [0.15, 0.2) is 41.7 Å². The first kappa shape index (κ1) is 18.3. The van der Waals surface area contributed by atoms with Crippen molar-refractivity contribution < 1.29 is 4.79 Å². The first-order valence-electron chi connectivity index (χ1n) is 8.43. The zero-order valence-corrected chi connectivity index (χ0v) is 16.3. The second-order valence-corrected chi connectivity index (χ2v) is 7.29.